The van der Waals surface area contributed by atoms with Crippen molar-refractivity contribution < 1.29 is 27.7 Å². The second-order valence-electron chi connectivity index (χ2n) is 6.21. The number of nitro benzene ring substituents is 1. The van der Waals surface area contributed by atoms with Gasteiger partial charge in [-0.15, -0.1) is 0 Å². The highest BCUT2D eigenvalue weighted by molar-refractivity contribution is 5.98. The average Bonchev–Trinajstić information content (AvgIpc) is 2.72. The fraction of sp³-hybridized carbons (Fsp3) is 0.200. The average molecular weight is 421 g/mol. The topological polar surface area (TPSA) is 92.6 Å². The van der Waals surface area contributed by atoms with Gasteiger partial charge in [0.2, 0.25) is 11.8 Å². The van der Waals surface area contributed by atoms with E-state index in [0.29, 0.717) is 18.1 Å². The molecule has 158 valence electrons. The van der Waals surface area contributed by atoms with Gasteiger partial charge in [0.15, 0.2) is 17.5 Å². The van der Waals surface area contributed by atoms with Crippen LogP contribution in [0.2, 0.25) is 0 Å². The van der Waals surface area contributed by atoms with E-state index in [1.165, 1.54) is 41.3 Å². The van der Waals surface area contributed by atoms with Gasteiger partial charge in [0, 0.05) is 24.8 Å². The molecule has 0 aliphatic carbocycles. The summed E-state index contributed by atoms with van der Waals surface area (Å²) in [5, 5.41) is 12.8. The van der Waals surface area contributed by atoms with E-state index < -0.39 is 46.4 Å². The Balaban J connectivity index is 2.05. The van der Waals surface area contributed by atoms with Crippen LogP contribution in [0.25, 0.3) is 6.08 Å². The second kappa shape index (κ2) is 10.2. The SMILES string of the molecule is CCCN(CC(=O)Nc1ccc(F)c(F)c1F)C(=O)C=Cc1ccc([N+](=O)[O-])cc1. The zero-order valence-electron chi connectivity index (χ0n) is 15.9. The third-order valence-corrected chi connectivity index (χ3v) is 3.97. The monoisotopic (exact) mass is 421 g/mol. The lowest BCUT2D eigenvalue weighted by molar-refractivity contribution is -0.384. The third-order valence-electron chi connectivity index (χ3n) is 3.97. The van der Waals surface area contributed by atoms with E-state index in [-0.39, 0.29) is 12.2 Å². The number of halogens is 3. The number of hydrogen-bond acceptors (Lipinski definition) is 4. The van der Waals surface area contributed by atoms with E-state index in [4.69, 9.17) is 0 Å². The predicted molar refractivity (Wildman–Crippen MR) is 104 cm³/mol. The van der Waals surface area contributed by atoms with Crippen molar-refractivity contribution in [2.45, 2.75) is 13.3 Å². The van der Waals surface area contributed by atoms with Gasteiger partial charge in [-0.1, -0.05) is 6.92 Å². The minimum absolute atomic E-state index is 0.0905. The molecule has 2 rings (SSSR count). The summed E-state index contributed by atoms with van der Waals surface area (Å²) >= 11 is 0. The minimum atomic E-state index is -1.71. The lowest BCUT2D eigenvalue weighted by Gasteiger charge is -2.20. The maximum Gasteiger partial charge on any atom is 0.269 e. The molecule has 0 saturated heterocycles. The molecule has 7 nitrogen and oxygen atoms in total. The molecule has 0 fully saturated rings. The zero-order chi connectivity index (χ0) is 22.3. The smallest absolute Gasteiger partial charge is 0.269 e. The number of hydrogen-bond donors (Lipinski definition) is 1. The molecule has 2 aromatic carbocycles. The number of nitrogens with one attached hydrogen (secondary N) is 1. The van der Waals surface area contributed by atoms with Crippen molar-refractivity contribution in [1.82, 2.24) is 4.90 Å². The summed E-state index contributed by atoms with van der Waals surface area (Å²) in [7, 11) is 0. The highest BCUT2D eigenvalue weighted by Crippen LogP contribution is 2.19. The standard InChI is InChI=1S/C20H18F3N3O4/c1-2-11-25(12-17(27)24-16-9-8-15(21)19(22)20(16)23)18(28)10-5-13-3-6-14(7-4-13)26(29)30/h3-10H,2,11-12H2,1H3,(H,24,27). The normalized spacial score (nSPS) is 10.8. The van der Waals surface area contributed by atoms with Gasteiger partial charge in [0.05, 0.1) is 10.6 Å². The lowest BCUT2D eigenvalue weighted by Crippen LogP contribution is -2.37. The summed E-state index contributed by atoms with van der Waals surface area (Å²) in [6.45, 7) is 1.57. The molecule has 0 heterocycles. The Bertz CT molecular complexity index is 978. The molecular weight excluding hydrogens is 403 g/mol. The molecule has 0 aromatic heterocycles. The minimum Gasteiger partial charge on any atom is -0.330 e. The van der Waals surface area contributed by atoms with Crippen LogP contribution in [0, 0.1) is 27.6 Å². The fourth-order valence-corrected chi connectivity index (χ4v) is 2.50. The molecule has 10 heteroatoms. The van der Waals surface area contributed by atoms with Gasteiger partial charge in [0.1, 0.15) is 6.54 Å². The molecule has 0 atom stereocenters. The van der Waals surface area contributed by atoms with Crippen LogP contribution in [0.4, 0.5) is 24.5 Å². The Morgan fingerprint density at radius 3 is 2.37 bits per heavy atom. The Labute approximate surface area is 170 Å². The van der Waals surface area contributed by atoms with E-state index in [1.807, 2.05) is 0 Å². The molecular formula is C20H18F3N3O4. The van der Waals surface area contributed by atoms with Crippen LogP contribution in [0.3, 0.4) is 0 Å². The van der Waals surface area contributed by atoms with Crippen LogP contribution in [-0.2, 0) is 9.59 Å². The molecule has 1 N–H and O–H groups in total. The third kappa shape index (κ3) is 5.90. The van der Waals surface area contributed by atoms with Crippen molar-refractivity contribution >= 4 is 29.3 Å². The number of non-ortho nitro benzene ring substituents is 1. The number of carbonyl (C=O) groups excluding carboxylic acids is 2. The van der Waals surface area contributed by atoms with Crippen molar-refractivity contribution in [1.29, 1.82) is 0 Å². The number of carbonyl (C=O) groups is 2. The van der Waals surface area contributed by atoms with Crippen LogP contribution in [0.15, 0.2) is 42.5 Å². The maximum absolute atomic E-state index is 13.7. The van der Waals surface area contributed by atoms with Crippen molar-refractivity contribution in [3.8, 4) is 0 Å². The van der Waals surface area contributed by atoms with Gasteiger partial charge in [-0.05, 0) is 42.3 Å². The molecule has 0 radical (unpaired) electrons. The number of anilines is 1. The Hall–Kier alpha value is -3.69. The van der Waals surface area contributed by atoms with Crippen molar-refractivity contribution in [2.75, 3.05) is 18.4 Å². The van der Waals surface area contributed by atoms with E-state index in [2.05, 4.69) is 5.32 Å². The molecule has 0 bridgehead atoms. The summed E-state index contributed by atoms with van der Waals surface area (Å²) in [6.07, 6.45) is 3.16. The molecule has 0 spiro atoms. The Morgan fingerprint density at radius 2 is 1.77 bits per heavy atom. The van der Waals surface area contributed by atoms with E-state index in [1.54, 1.807) is 6.92 Å². The first kappa shape index (κ1) is 22.6. The highest BCUT2D eigenvalue weighted by Gasteiger charge is 2.18. The zero-order valence-corrected chi connectivity index (χ0v) is 15.9. The Kier molecular flexibility index (Phi) is 7.68. The highest BCUT2D eigenvalue weighted by atomic mass is 19.2. The number of rotatable bonds is 8. The molecule has 0 aliphatic rings. The second-order valence-corrected chi connectivity index (χ2v) is 6.21. The van der Waals surface area contributed by atoms with Crippen molar-refractivity contribution in [2.24, 2.45) is 0 Å². The van der Waals surface area contributed by atoms with Gasteiger partial charge >= 0.3 is 0 Å². The first-order valence-corrected chi connectivity index (χ1v) is 8.87. The van der Waals surface area contributed by atoms with Crippen molar-refractivity contribution in [3.63, 3.8) is 0 Å². The van der Waals surface area contributed by atoms with Crippen LogP contribution in [-0.4, -0.2) is 34.7 Å². The summed E-state index contributed by atoms with van der Waals surface area (Å²) in [6, 6.07) is 7.06. The number of nitrogens with zero attached hydrogens (tertiary/aromatic N) is 2. The molecule has 0 aliphatic heterocycles. The molecule has 0 saturated carbocycles. The van der Waals surface area contributed by atoms with Crippen LogP contribution in [0.5, 0.6) is 0 Å². The van der Waals surface area contributed by atoms with E-state index >= 15 is 0 Å². The molecule has 30 heavy (non-hydrogen) atoms. The molecule has 0 unspecified atom stereocenters. The van der Waals surface area contributed by atoms with E-state index in [0.717, 1.165) is 6.07 Å². The lowest BCUT2D eigenvalue weighted by atomic mass is 10.2. The predicted octanol–water partition coefficient (Wildman–Crippen LogP) is 3.90. The quantitative estimate of drug-likeness (QED) is 0.303. The Morgan fingerprint density at radius 1 is 1.10 bits per heavy atom. The van der Waals surface area contributed by atoms with E-state index in [9.17, 15) is 32.9 Å². The van der Waals surface area contributed by atoms with Gasteiger partial charge in [0.25, 0.3) is 5.69 Å². The first-order valence-electron chi connectivity index (χ1n) is 8.87. The summed E-state index contributed by atoms with van der Waals surface area (Å²) in [5.41, 5.74) is -0.0878. The fourth-order valence-electron chi connectivity index (χ4n) is 2.50. The summed E-state index contributed by atoms with van der Waals surface area (Å²) < 4.78 is 39.9. The van der Waals surface area contributed by atoms with Gasteiger partial charge in [-0.3, -0.25) is 19.7 Å². The van der Waals surface area contributed by atoms with Crippen LogP contribution < -0.4 is 5.32 Å². The van der Waals surface area contributed by atoms with Crippen LogP contribution in [0.1, 0.15) is 18.9 Å². The first-order chi connectivity index (χ1) is 14.2. The summed E-state index contributed by atoms with van der Waals surface area (Å²) in [5.74, 6) is -5.93. The largest absolute Gasteiger partial charge is 0.330 e. The van der Waals surface area contributed by atoms with Crippen molar-refractivity contribution in [3.05, 3.63) is 75.6 Å². The number of amides is 2. The summed E-state index contributed by atoms with van der Waals surface area (Å²) in [4.78, 5) is 35.9. The van der Waals surface area contributed by atoms with Gasteiger partial charge in [-0.2, -0.15) is 0 Å². The number of nitro groups is 1. The number of benzene rings is 2. The van der Waals surface area contributed by atoms with Gasteiger partial charge < -0.3 is 10.2 Å². The van der Waals surface area contributed by atoms with Gasteiger partial charge in [-0.25, -0.2) is 13.2 Å². The maximum atomic E-state index is 13.7. The molecule has 2 amide bonds. The molecule has 2 aromatic rings. The van der Waals surface area contributed by atoms with Crippen LogP contribution >= 0.6 is 0 Å².